The Morgan fingerprint density at radius 3 is 2.30 bits per heavy atom. The summed E-state index contributed by atoms with van der Waals surface area (Å²) in [5, 5.41) is 11.6. The van der Waals surface area contributed by atoms with Crippen molar-refractivity contribution in [3.05, 3.63) is 88.6 Å². The van der Waals surface area contributed by atoms with Crippen molar-refractivity contribution in [3.8, 4) is 11.9 Å². The highest BCUT2D eigenvalue weighted by Crippen LogP contribution is 2.48. The van der Waals surface area contributed by atoms with Gasteiger partial charge in [0, 0.05) is 41.0 Å². The molecule has 0 bridgehead atoms. The number of carbonyl (C=O) groups is 4. The van der Waals surface area contributed by atoms with E-state index in [1.807, 2.05) is 12.1 Å². The van der Waals surface area contributed by atoms with E-state index in [1.54, 1.807) is 24.3 Å². The number of esters is 1. The highest BCUT2D eigenvalue weighted by molar-refractivity contribution is 6.36. The molecule has 4 N–H and O–H groups in total. The number of aromatic nitrogens is 4. The van der Waals surface area contributed by atoms with Crippen molar-refractivity contribution in [1.82, 2.24) is 30.6 Å². The number of amides is 2. The molecule has 2 heterocycles. The number of ketones is 1. The normalized spacial score (nSPS) is 13.5. The molecule has 0 unspecified atom stereocenters. The molecule has 4 aromatic rings. The van der Waals surface area contributed by atoms with E-state index in [0.717, 1.165) is 12.7 Å². The summed E-state index contributed by atoms with van der Waals surface area (Å²) in [5.41, 5.74) is 1.24. The van der Waals surface area contributed by atoms with Gasteiger partial charge in [0.1, 0.15) is 6.04 Å². The van der Waals surface area contributed by atoms with Crippen LogP contribution >= 0.6 is 11.6 Å². The van der Waals surface area contributed by atoms with E-state index in [1.165, 1.54) is 37.6 Å². The lowest BCUT2D eigenvalue weighted by atomic mass is 10.1. The molecule has 2 aromatic carbocycles. The number of methoxy groups -OCH3 is 2. The molecule has 1 fully saturated rings. The predicted molar refractivity (Wildman–Crippen MR) is 187 cm³/mol. The molecule has 54 heavy (non-hydrogen) atoms. The van der Waals surface area contributed by atoms with Gasteiger partial charge in [0.25, 0.3) is 11.8 Å². The van der Waals surface area contributed by atoms with Crippen molar-refractivity contribution in [2.24, 2.45) is 0 Å². The van der Waals surface area contributed by atoms with E-state index >= 15 is 0 Å². The van der Waals surface area contributed by atoms with Crippen LogP contribution < -0.4 is 30.7 Å². The van der Waals surface area contributed by atoms with E-state index < -0.39 is 53.9 Å². The van der Waals surface area contributed by atoms with Crippen LogP contribution in [0.2, 0.25) is 5.02 Å². The highest BCUT2D eigenvalue weighted by Gasteiger charge is 2.45. The molecule has 0 saturated heterocycles. The fourth-order valence-electron chi connectivity index (χ4n) is 5.16. The van der Waals surface area contributed by atoms with Gasteiger partial charge in [0.05, 0.1) is 19.8 Å². The summed E-state index contributed by atoms with van der Waals surface area (Å²) in [5.74, 6) is -3.05. The van der Waals surface area contributed by atoms with Crippen LogP contribution in [0, 0.1) is 0 Å². The maximum Gasteiger partial charge on any atom is 0.422 e. The molecule has 2 aromatic heterocycles. The van der Waals surface area contributed by atoms with Gasteiger partial charge in [-0.15, -0.1) is 0 Å². The molecule has 2 amide bonds. The van der Waals surface area contributed by atoms with Crippen LogP contribution in [0.15, 0.2) is 66.9 Å². The molecule has 15 nitrogen and oxygen atoms in total. The Balaban J connectivity index is 1.21. The number of hydrogen-bond donors (Lipinski definition) is 4. The number of halogens is 4. The number of anilines is 3. The fraction of sp³-hybridized carbons (Fsp3) is 0.314. The molecule has 1 saturated carbocycles. The molecule has 284 valence electrons. The first kappa shape index (κ1) is 39.2. The molecule has 1 aliphatic rings. The molecule has 1 atom stereocenters. The lowest BCUT2D eigenvalue weighted by Gasteiger charge is -2.19. The smallest absolute Gasteiger partial charge is 0.422 e. The number of hydrogen-bond acceptors (Lipinski definition) is 13. The number of Topliss-reactive ketones (excluding diaryl/α,β-unsaturated/α-hetero) is 1. The van der Waals surface area contributed by atoms with Crippen molar-refractivity contribution >= 4 is 52.8 Å². The quantitative estimate of drug-likeness (QED) is 0.0877. The molecule has 1 aliphatic carbocycles. The Bertz CT molecular complexity index is 1980. The Morgan fingerprint density at radius 1 is 0.944 bits per heavy atom. The van der Waals surface area contributed by atoms with Crippen molar-refractivity contribution < 1.29 is 46.6 Å². The third-order valence-electron chi connectivity index (χ3n) is 8.04. The first-order valence-electron chi connectivity index (χ1n) is 16.3. The monoisotopic (exact) mass is 770 g/mol. The van der Waals surface area contributed by atoms with Gasteiger partial charge in [-0.2, -0.15) is 28.1 Å². The first-order valence-corrected chi connectivity index (χ1v) is 16.7. The molecule has 0 radical (unpaired) electrons. The van der Waals surface area contributed by atoms with Crippen molar-refractivity contribution in [1.29, 1.82) is 0 Å². The number of nitrogens with one attached hydrogen (secondary N) is 4. The van der Waals surface area contributed by atoms with Crippen LogP contribution in [0.1, 0.15) is 40.7 Å². The average Bonchev–Trinajstić information content (AvgIpc) is 3.93. The number of ether oxygens (including phenoxy) is 3. The predicted octanol–water partition coefficient (Wildman–Crippen LogP) is 4.30. The van der Waals surface area contributed by atoms with Crippen LogP contribution in [0.3, 0.4) is 0 Å². The zero-order valence-electron chi connectivity index (χ0n) is 28.8. The highest BCUT2D eigenvalue weighted by atomic mass is 35.5. The molecular weight excluding hydrogens is 737 g/mol. The van der Waals surface area contributed by atoms with Crippen molar-refractivity contribution in [2.45, 2.75) is 43.4 Å². The topological polar surface area (TPSA) is 196 Å². The minimum Gasteiger partial charge on any atom is -0.481 e. The number of nitrogens with zero attached hydrogens (tertiary/aromatic N) is 4. The van der Waals surface area contributed by atoms with Gasteiger partial charge in [-0.3, -0.25) is 14.4 Å². The maximum absolute atomic E-state index is 13.1. The number of alkyl halides is 3. The second-order valence-corrected chi connectivity index (χ2v) is 12.4. The number of rotatable bonds is 17. The second kappa shape index (κ2) is 17.2. The Morgan fingerprint density at radius 2 is 1.65 bits per heavy atom. The van der Waals surface area contributed by atoms with E-state index in [0.29, 0.717) is 29.1 Å². The first-order chi connectivity index (χ1) is 25.8. The van der Waals surface area contributed by atoms with Gasteiger partial charge < -0.3 is 35.5 Å². The second-order valence-electron chi connectivity index (χ2n) is 12.0. The summed E-state index contributed by atoms with van der Waals surface area (Å²) in [7, 11) is 2.52. The van der Waals surface area contributed by atoms with Crippen LogP contribution in [0.25, 0.3) is 0 Å². The van der Waals surface area contributed by atoms with E-state index in [4.69, 9.17) is 25.8 Å². The summed E-state index contributed by atoms with van der Waals surface area (Å²) in [6.07, 6.45) is -2.09. The molecule has 19 heteroatoms. The van der Waals surface area contributed by atoms with Gasteiger partial charge in [-0.1, -0.05) is 29.8 Å². The van der Waals surface area contributed by atoms with E-state index in [-0.39, 0.29) is 42.7 Å². The molecular formula is C35H34ClF3N8O7. The van der Waals surface area contributed by atoms with Gasteiger partial charge in [-0.25, -0.2) is 9.78 Å². The van der Waals surface area contributed by atoms with Crippen LogP contribution in [0.5, 0.6) is 11.9 Å². The number of pyridine rings is 1. The molecule has 0 spiro atoms. The van der Waals surface area contributed by atoms with Crippen molar-refractivity contribution in [2.75, 3.05) is 38.0 Å². The SMILES string of the molecule is COC(=O)[C@H](CCNC(=O)C(=O)Cc1cccnc1OC)NC(=O)c1ccc(Nc2nc(NC3(c4ccc(Cl)cc4)CC3)nc(OCC(F)(F)F)n2)cc1. The molecule has 5 rings (SSSR count). The minimum atomic E-state index is -4.64. The lowest BCUT2D eigenvalue weighted by molar-refractivity contribution is -0.154. The van der Waals surface area contributed by atoms with Gasteiger partial charge in [0.15, 0.2) is 6.61 Å². The Kier molecular flexibility index (Phi) is 12.5. The van der Waals surface area contributed by atoms with Gasteiger partial charge in [-0.05, 0) is 67.3 Å². The summed E-state index contributed by atoms with van der Waals surface area (Å²) in [6, 6.07) is 14.4. The average molecular weight is 771 g/mol. The summed E-state index contributed by atoms with van der Waals surface area (Å²) in [6.45, 7) is -1.77. The zero-order valence-corrected chi connectivity index (χ0v) is 29.6. The third kappa shape index (κ3) is 10.8. The third-order valence-corrected chi connectivity index (χ3v) is 8.29. The number of carbonyl (C=O) groups excluding carboxylic acids is 4. The lowest BCUT2D eigenvalue weighted by Crippen LogP contribution is -2.44. The van der Waals surface area contributed by atoms with E-state index in [9.17, 15) is 32.3 Å². The Labute approximate surface area is 311 Å². The van der Waals surface area contributed by atoms with Crippen molar-refractivity contribution in [3.63, 3.8) is 0 Å². The zero-order chi connectivity index (χ0) is 38.9. The summed E-state index contributed by atoms with van der Waals surface area (Å²) < 4.78 is 53.6. The fourth-order valence-corrected chi connectivity index (χ4v) is 5.29. The van der Waals surface area contributed by atoms with Crippen LogP contribution in [-0.2, 0) is 31.1 Å². The maximum atomic E-state index is 13.1. The Hall–Kier alpha value is -6.04. The van der Waals surface area contributed by atoms with Gasteiger partial charge >= 0.3 is 18.2 Å². The summed E-state index contributed by atoms with van der Waals surface area (Å²) in [4.78, 5) is 66.7. The number of benzene rings is 2. The van der Waals surface area contributed by atoms with Gasteiger partial charge in [0.2, 0.25) is 23.6 Å². The van der Waals surface area contributed by atoms with Crippen LogP contribution in [0.4, 0.5) is 30.8 Å². The largest absolute Gasteiger partial charge is 0.481 e. The minimum absolute atomic E-state index is 0.0312. The van der Waals surface area contributed by atoms with Crippen LogP contribution in [-0.4, -0.2) is 83.1 Å². The standard InChI is InChI=1S/C35H34ClF3N8O7/c1-52-29-21(4-3-16-41-29)18-26(48)28(50)40-17-13-25(30(51)53-2)43-27(49)20-5-11-24(12-6-20)42-31-44-32(46-33(45-31)54-19-35(37,38)39)47-34(14-15-34)22-7-9-23(36)10-8-22/h3-12,16,25H,13-15,17-19H2,1-2H3,(H,40,50)(H,43,49)(H2,42,44,45,46,47)/t25-/m0/s1. The summed E-state index contributed by atoms with van der Waals surface area (Å²) >= 11 is 6.03. The van der Waals surface area contributed by atoms with E-state index in [2.05, 4.69) is 41.2 Å². The molecule has 0 aliphatic heterocycles.